The van der Waals surface area contributed by atoms with E-state index in [1.165, 1.54) is 37.9 Å². The molecule has 2 aromatic rings. The Hall–Kier alpha value is -1.52. The van der Waals surface area contributed by atoms with Crippen LogP contribution in [0, 0.1) is 0 Å². The van der Waals surface area contributed by atoms with E-state index in [1.54, 1.807) is 28.1 Å². The van der Waals surface area contributed by atoms with Crippen LogP contribution in [0.1, 0.15) is 29.3 Å². The Balaban J connectivity index is 0.000000160. The van der Waals surface area contributed by atoms with Crippen LogP contribution in [0.2, 0.25) is 0 Å². The van der Waals surface area contributed by atoms with Crippen molar-refractivity contribution in [1.82, 2.24) is 5.32 Å². The summed E-state index contributed by atoms with van der Waals surface area (Å²) < 4.78 is 0. The van der Waals surface area contributed by atoms with Crippen molar-refractivity contribution in [2.24, 2.45) is 0 Å². The number of fused-ring (bicyclic) bond motifs is 1. The van der Waals surface area contributed by atoms with Crippen molar-refractivity contribution in [3.05, 3.63) is 45.6 Å². The average Bonchev–Trinajstić information content (AvgIpc) is 2.87. The van der Waals surface area contributed by atoms with Gasteiger partial charge in [-0.3, -0.25) is 0 Å². The van der Waals surface area contributed by atoms with Crippen LogP contribution < -0.4 is 5.32 Å². The Morgan fingerprint density at radius 1 is 1.20 bits per heavy atom. The Kier molecular flexibility index (Phi) is 5.44. The Morgan fingerprint density at radius 2 is 1.90 bits per heavy atom. The van der Waals surface area contributed by atoms with E-state index in [4.69, 9.17) is 10.2 Å². The van der Waals surface area contributed by atoms with E-state index >= 15 is 0 Å². The number of aryl methyl sites for hydroxylation is 1. The summed E-state index contributed by atoms with van der Waals surface area (Å²) in [7, 11) is 0. The normalized spacial score (nSPS) is 13.2. The van der Waals surface area contributed by atoms with Crippen LogP contribution in [-0.2, 0) is 19.4 Å². The first kappa shape index (κ1) is 14.9. The second-order valence-corrected chi connectivity index (χ2v) is 5.79. The lowest BCUT2D eigenvalue weighted by molar-refractivity contribution is 0.404. The van der Waals surface area contributed by atoms with Gasteiger partial charge in [0.15, 0.2) is 11.5 Å². The minimum Gasteiger partial charge on any atom is -0.504 e. The third kappa shape index (κ3) is 3.74. The van der Waals surface area contributed by atoms with Crippen LogP contribution in [0.5, 0.6) is 11.5 Å². The molecule has 1 aromatic carbocycles. The number of phenols is 2. The molecule has 1 aliphatic rings. The molecule has 3 rings (SSSR count). The molecule has 0 spiro atoms. The van der Waals surface area contributed by atoms with Gasteiger partial charge in [0.05, 0.1) is 0 Å². The third-order valence-corrected chi connectivity index (χ3v) is 4.38. The Morgan fingerprint density at radius 3 is 2.50 bits per heavy atom. The third-order valence-electron chi connectivity index (χ3n) is 3.31. The van der Waals surface area contributed by atoms with E-state index in [9.17, 15) is 0 Å². The molecule has 2 heterocycles. The van der Waals surface area contributed by atoms with Gasteiger partial charge in [-0.05, 0) is 48.0 Å². The van der Waals surface area contributed by atoms with E-state index in [1.807, 2.05) is 11.3 Å². The number of nitrogens with one attached hydrogen (secondary N) is 1. The summed E-state index contributed by atoms with van der Waals surface area (Å²) in [6.07, 6.45) is 3.79. The van der Waals surface area contributed by atoms with Crippen molar-refractivity contribution in [3.8, 4) is 11.5 Å². The minimum atomic E-state index is -0.0764. The fourth-order valence-electron chi connectivity index (χ4n) is 2.27. The first-order valence-electron chi connectivity index (χ1n) is 6.98. The van der Waals surface area contributed by atoms with Gasteiger partial charge < -0.3 is 15.5 Å². The largest absolute Gasteiger partial charge is 0.504 e. The van der Waals surface area contributed by atoms with Crippen molar-refractivity contribution in [2.45, 2.75) is 32.7 Å². The molecule has 3 N–H and O–H groups in total. The van der Waals surface area contributed by atoms with Crippen LogP contribution in [0.25, 0.3) is 0 Å². The monoisotopic (exact) mass is 291 g/mol. The summed E-state index contributed by atoms with van der Waals surface area (Å²) in [6, 6.07) is 6.15. The molecule has 4 heteroatoms. The molecule has 0 amide bonds. The average molecular weight is 291 g/mol. The van der Waals surface area contributed by atoms with Crippen molar-refractivity contribution >= 4 is 11.3 Å². The van der Waals surface area contributed by atoms with Crippen LogP contribution in [-0.4, -0.2) is 16.8 Å². The highest BCUT2D eigenvalue weighted by Crippen LogP contribution is 2.26. The number of thiophene rings is 1. The lowest BCUT2D eigenvalue weighted by atomic mass is 10.0. The Bertz CT molecular complexity index is 530. The molecule has 108 valence electrons. The fourth-order valence-corrected chi connectivity index (χ4v) is 3.38. The molecule has 0 unspecified atom stereocenters. The highest BCUT2D eigenvalue weighted by molar-refractivity contribution is 7.10. The zero-order chi connectivity index (χ0) is 14.4. The second-order valence-electron chi connectivity index (χ2n) is 4.83. The van der Waals surface area contributed by atoms with Crippen molar-refractivity contribution in [3.63, 3.8) is 0 Å². The molecular formula is C16H21NO2S. The first-order valence-corrected chi connectivity index (χ1v) is 7.86. The SMILES string of the molecule is CCCc1csc2c1CCNC2.Oc1ccccc1O. The quantitative estimate of drug-likeness (QED) is 0.743. The number of phenolic OH excluding ortho intramolecular Hbond substituents is 2. The molecule has 0 radical (unpaired) electrons. The number of hydrogen-bond donors (Lipinski definition) is 3. The highest BCUT2D eigenvalue weighted by atomic mass is 32.1. The van der Waals surface area contributed by atoms with Crippen LogP contribution in [0.15, 0.2) is 29.6 Å². The second kappa shape index (κ2) is 7.31. The topological polar surface area (TPSA) is 52.5 Å². The molecule has 0 bridgehead atoms. The van der Waals surface area contributed by atoms with Gasteiger partial charge in [-0.15, -0.1) is 11.3 Å². The van der Waals surface area contributed by atoms with Crippen molar-refractivity contribution in [2.75, 3.05) is 6.54 Å². The number of rotatable bonds is 2. The molecule has 0 saturated carbocycles. The zero-order valence-corrected chi connectivity index (χ0v) is 12.5. The van der Waals surface area contributed by atoms with Crippen LogP contribution in [0.3, 0.4) is 0 Å². The van der Waals surface area contributed by atoms with Gasteiger partial charge in [0.2, 0.25) is 0 Å². The fraction of sp³-hybridized carbons (Fsp3) is 0.375. The van der Waals surface area contributed by atoms with E-state index in [0.717, 1.165) is 6.54 Å². The summed E-state index contributed by atoms with van der Waals surface area (Å²) in [5, 5.41) is 23.1. The van der Waals surface area contributed by atoms with E-state index in [2.05, 4.69) is 17.6 Å². The van der Waals surface area contributed by atoms with Gasteiger partial charge in [0, 0.05) is 11.4 Å². The van der Waals surface area contributed by atoms with Crippen molar-refractivity contribution in [1.29, 1.82) is 0 Å². The minimum absolute atomic E-state index is 0.0764. The van der Waals surface area contributed by atoms with E-state index < -0.39 is 0 Å². The molecular weight excluding hydrogens is 270 g/mol. The Labute approximate surface area is 123 Å². The summed E-state index contributed by atoms with van der Waals surface area (Å²) >= 11 is 1.93. The molecule has 0 atom stereocenters. The summed E-state index contributed by atoms with van der Waals surface area (Å²) in [6.45, 7) is 4.52. The number of aromatic hydroxyl groups is 2. The number of hydrogen-bond acceptors (Lipinski definition) is 4. The van der Waals surface area contributed by atoms with Gasteiger partial charge in [-0.1, -0.05) is 25.5 Å². The molecule has 3 nitrogen and oxygen atoms in total. The van der Waals surface area contributed by atoms with Crippen LogP contribution >= 0.6 is 11.3 Å². The van der Waals surface area contributed by atoms with Gasteiger partial charge in [0.25, 0.3) is 0 Å². The smallest absolute Gasteiger partial charge is 0.157 e. The van der Waals surface area contributed by atoms with Gasteiger partial charge >= 0.3 is 0 Å². The number of benzene rings is 1. The summed E-state index contributed by atoms with van der Waals surface area (Å²) in [5.41, 5.74) is 3.26. The highest BCUT2D eigenvalue weighted by Gasteiger charge is 2.13. The molecule has 0 aliphatic carbocycles. The zero-order valence-electron chi connectivity index (χ0n) is 11.7. The number of para-hydroxylation sites is 2. The standard InChI is InChI=1S/C10H15NS.C6H6O2/c1-2-3-8-7-12-10-6-11-5-4-9(8)10;7-5-3-1-2-4-6(5)8/h7,11H,2-6H2,1H3;1-4,7-8H. The molecule has 20 heavy (non-hydrogen) atoms. The van der Waals surface area contributed by atoms with E-state index in [0.29, 0.717) is 0 Å². The van der Waals surface area contributed by atoms with Crippen molar-refractivity contribution < 1.29 is 10.2 Å². The first-order chi connectivity index (χ1) is 9.72. The maximum absolute atomic E-state index is 8.67. The summed E-state index contributed by atoms with van der Waals surface area (Å²) in [4.78, 5) is 1.57. The molecule has 1 aliphatic heterocycles. The van der Waals surface area contributed by atoms with Gasteiger partial charge in [-0.25, -0.2) is 0 Å². The lowest BCUT2D eigenvalue weighted by Gasteiger charge is -2.13. The van der Waals surface area contributed by atoms with Gasteiger partial charge in [0.1, 0.15) is 0 Å². The predicted molar refractivity (Wildman–Crippen MR) is 83.5 cm³/mol. The lowest BCUT2D eigenvalue weighted by Crippen LogP contribution is -2.22. The molecule has 0 saturated heterocycles. The van der Waals surface area contributed by atoms with E-state index in [-0.39, 0.29) is 11.5 Å². The molecule has 0 fully saturated rings. The van der Waals surface area contributed by atoms with Crippen LogP contribution in [0.4, 0.5) is 0 Å². The maximum atomic E-state index is 8.67. The predicted octanol–water partition coefficient (Wildman–Crippen LogP) is 3.44. The maximum Gasteiger partial charge on any atom is 0.157 e. The summed E-state index contributed by atoms with van der Waals surface area (Å²) in [5.74, 6) is -0.153. The molecule has 1 aromatic heterocycles. The van der Waals surface area contributed by atoms with Gasteiger partial charge in [-0.2, -0.15) is 0 Å².